The van der Waals surface area contributed by atoms with Crippen LogP contribution in [-0.2, 0) is 19.0 Å². The van der Waals surface area contributed by atoms with Crippen molar-refractivity contribution in [3.05, 3.63) is 36.4 Å². The molecule has 9 atom stereocenters. The van der Waals surface area contributed by atoms with Crippen molar-refractivity contribution in [3.63, 3.8) is 0 Å². The van der Waals surface area contributed by atoms with Crippen LogP contribution in [-0.4, -0.2) is 73.4 Å². The Morgan fingerprint density at radius 1 is 1.27 bits per heavy atom. The fourth-order valence-corrected chi connectivity index (χ4v) is 8.76. The van der Waals surface area contributed by atoms with E-state index in [1.165, 1.54) is 0 Å². The van der Waals surface area contributed by atoms with E-state index >= 15 is 0 Å². The summed E-state index contributed by atoms with van der Waals surface area (Å²) in [5, 5.41) is 22.1. The number of ether oxygens (including phenoxy) is 2. The normalized spacial score (nSPS) is 40.0. The zero-order chi connectivity index (χ0) is 29.9. The number of esters is 1. The van der Waals surface area contributed by atoms with Crippen molar-refractivity contribution < 1.29 is 33.8 Å². The van der Waals surface area contributed by atoms with Gasteiger partial charge in [0.1, 0.15) is 17.6 Å². The number of carbonyl (C=O) groups excluding carboxylic acids is 2. The molecule has 1 aromatic carbocycles. The fourth-order valence-electron chi connectivity index (χ4n) is 8.76. The molecule has 41 heavy (non-hydrogen) atoms. The van der Waals surface area contributed by atoms with Crippen LogP contribution in [0.3, 0.4) is 0 Å². The Hall–Kier alpha value is -2.20. The minimum Gasteiger partial charge on any atom is -0.482 e. The molecule has 4 aliphatic rings. The van der Waals surface area contributed by atoms with E-state index in [9.17, 15) is 19.7 Å². The summed E-state index contributed by atoms with van der Waals surface area (Å²) in [7, 11) is 2.84. The number of fused-ring (bicyclic) bond motifs is 1. The first-order valence-corrected chi connectivity index (χ1v) is 15.1. The maximum atomic E-state index is 13.6. The second-order valence-corrected chi connectivity index (χ2v) is 13.9. The Morgan fingerprint density at radius 2 is 2.00 bits per heavy atom. The molecule has 3 fully saturated rings. The molecule has 9 heteroatoms. The highest BCUT2D eigenvalue weighted by Crippen LogP contribution is 2.68. The highest BCUT2D eigenvalue weighted by Gasteiger charge is 2.68. The van der Waals surface area contributed by atoms with E-state index in [-0.39, 0.29) is 41.7 Å². The summed E-state index contributed by atoms with van der Waals surface area (Å²) in [6, 6.07) is 5.35. The zero-order valence-corrected chi connectivity index (χ0v) is 25.4. The molecule has 1 unspecified atom stereocenters. The Kier molecular flexibility index (Phi) is 7.99. The number of aliphatic hydroxyl groups excluding tert-OH is 1. The molecule has 5 rings (SSSR count). The molecular formula is C32H46BNO7. The lowest BCUT2D eigenvalue weighted by Gasteiger charge is -2.61. The van der Waals surface area contributed by atoms with Crippen LogP contribution in [0.15, 0.2) is 30.9 Å². The first-order valence-electron chi connectivity index (χ1n) is 15.1. The van der Waals surface area contributed by atoms with Gasteiger partial charge in [-0.2, -0.15) is 0 Å². The molecule has 2 N–H and O–H groups in total. The Morgan fingerprint density at radius 3 is 2.68 bits per heavy atom. The lowest BCUT2D eigenvalue weighted by atomic mass is 9.44. The number of hydrogen-bond donors (Lipinski definition) is 2. The van der Waals surface area contributed by atoms with E-state index in [2.05, 4.69) is 27.4 Å². The smallest absolute Gasteiger partial charge is 0.482 e. The summed E-state index contributed by atoms with van der Waals surface area (Å²) in [5.74, 6) is -0.0541. The zero-order valence-electron chi connectivity index (χ0n) is 25.4. The maximum absolute atomic E-state index is 13.6. The molecule has 0 spiro atoms. The van der Waals surface area contributed by atoms with Crippen LogP contribution in [0.5, 0.6) is 5.75 Å². The maximum Gasteiger partial charge on any atom is 0.492 e. The average molecular weight is 568 g/mol. The largest absolute Gasteiger partial charge is 0.492 e. The van der Waals surface area contributed by atoms with E-state index < -0.39 is 36.1 Å². The van der Waals surface area contributed by atoms with Crippen molar-refractivity contribution in [2.45, 2.75) is 78.1 Å². The van der Waals surface area contributed by atoms with Gasteiger partial charge in [-0.05, 0) is 80.2 Å². The van der Waals surface area contributed by atoms with Crippen LogP contribution in [0, 0.1) is 34.0 Å². The number of rotatable bonds is 7. The summed E-state index contributed by atoms with van der Waals surface area (Å²) in [5.41, 5.74) is -0.0482. The standard InChI is InChI=1S/C32H46BNO7/c1-8-30(4)16-26(31(5)19(2)11-13-32(20(3)29(30)37)14-12-24(35)28(31)32)40-27(36)18-39-21-9-10-22-23(15-21)33(38)41-25(22)17-34(6)7/h8-10,15,19-20,25-26,28-29,37-38H,1,11-14,16-18H2,2-7H3/t19-,20+,25?,26-,28+,29+,30-,31+,32+/m1/s1. The predicted molar refractivity (Wildman–Crippen MR) is 157 cm³/mol. The SMILES string of the molecule is C=C[C@]1(C)C[C@@H](OC(=O)COc2ccc3c(c2)B(O)OC3CN(C)C)[C@]2(C)[C@H](C)CC[C@]3(CCC(=O)[C@H]32)[C@@H](C)[C@@H]1O. The number of Topliss-reactive ketones (excluding diaryl/α,β-unsaturated/α-hetero) is 1. The number of likely N-dealkylation sites (N-methyl/N-ethyl adjacent to an activating group) is 1. The molecular weight excluding hydrogens is 521 g/mol. The third kappa shape index (κ3) is 4.87. The van der Waals surface area contributed by atoms with E-state index in [4.69, 9.17) is 14.1 Å². The van der Waals surface area contributed by atoms with Gasteiger partial charge >= 0.3 is 13.1 Å². The predicted octanol–water partition coefficient (Wildman–Crippen LogP) is 3.29. The average Bonchev–Trinajstić information content (AvgIpc) is 3.44. The van der Waals surface area contributed by atoms with Crippen molar-refractivity contribution in [1.82, 2.24) is 4.90 Å². The molecule has 1 heterocycles. The molecule has 0 radical (unpaired) electrons. The van der Waals surface area contributed by atoms with E-state index in [1.807, 2.05) is 32.0 Å². The summed E-state index contributed by atoms with van der Waals surface area (Å²) >= 11 is 0. The molecule has 1 aromatic rings. The number of carbonyl (C=O) groups is 2. The quantitative estimate of drug-likeness (QED) is 0.294. The molecule has 3 aliphatic carbocycles. The second-order valence-electron chi connectivity index (χ2n) is 13.9. The Bertz CT molecular complexity index is 1210. The number of hydrogen-bond acceptors (Lipinski definition) is 8. The Labute approximate surface area is 244 Å². The molecule has 0 aromatic heterocycles. The van der Waals surface area contributed by atoms with Crippen molar-refractivity contribution in [1.29, 1.82) is 0 Å². The van der Waals surface area contributed by atoms with Gasteiger partial charge in [-0.15, -0.1) is 6.58 Å². The highest BCUT2D eigenvalue weighted by atomic mass is 16.6. The lowest BCUT2D eigenvalue weighted by Crippen LogP contribution is -2.63. The number of ketones is 1. The van der Waals surface area contributed by atoms with Crippen LogP contribution in [0.2, 0.25) is 0 Å². The lowest BCUT2D eigenvalue weighted by molar-refractivity contribution is -0.207. The van der Waals surface area contributed by atoms with Crippen molar-refractivity contribution in [2.24, 2.45) is 34.0 Å². The van der Waals surface area contributed by atoms with Gasteiger partial charge in [0.05, 0.1) is 12.2 Å². The molecule has 2 bridgehead atoms. The van der Waals surface area contributed by atoms with Gasteiger partial charge < -0.3 is 29.2 Å². The number of aliphatic hydroxyl groups is 1. The fraction of sp³-hybridized carbons (Fsp3) is 0.688. The van der Waals surface area contributed by atoms with Crippen LogP contribution in [0.1, 0.15) is 71.5 Å². The van der Waals surface area contributed by atoms with Gasteiger partial charge in [0, 0.05) is 29.7 Å². The van der Waals surface area contributed by atoms with Crippen molar-refractivity contribution in [3.8, 4) is 5.75 Å². The van der Waals surface area contributed by atoms with Gasteiger partial charge in [-0.3, -0.25) is 4.79 Å². The molecule has 224 valence electrons. The Balaban J connectivity index is 1.38. The first kappa shape index (κ1) is 30.3. The molecule has 0 amide bonds. The van der Waals surface area contributed by atoms with Gasteiger partial charge in [0.2, 0.25) is 0 Å². The van der Waals surface area contributed by atoms with E-state index in [0.29, 0.717) is 30.6 Å². The third-order valence-electron chi connectivity index (χ3n) is 11.4. The van der Waals surface area contributed by atoms with Crippen LogP contribution < -0.4 is 10.2 Å². The first-order chi connectivity index (χ1) is 19.3. The minimum absolute atomic E-state index is 0.0785. The summed E-state index contributed by atoms with van der Waals surface area (Å²) in [6.45, 7) is 12.8. The number of nitrogens with zero attached hydrogens (tertiary/aromatic N) is 1. The van der Waals surface area contributed by atoms with Gasteiger partial charge in [-0.25, -0.2) is 4.79 Å². The van der Waals surface area contributed by atoms with Crippen molar-refractivity contribution >= 4 is 24.3 Å². The summed E-state index contributed by atoms with van der Waals surface area (Å²) in [6.07, 6.45) is 3.70. The van der Waals surface area contributed by atoms with Gasteiger partial charge in [0.15, 0.2) is 6.61 Å². The van der Waals surface area contributed by atoms with E-state index in [0.717, 1.165) is 24.8 Å². The van der Waals surface area contributed by atoms with Gasteiger partial charge in [-0.1, -0.05) is 39.8 Å². The number of benzene rings is 1. The third-order valence-corrected chi connectivity index (χ3v) is 11.4. The highest BCUT2D eigenvalue weighted by molar-refractivity contribution is 6.61. The van der Waals surface area contributed by atoms with Crippen LogP contribution in [0.4, 0.5) is 0 Å². The van der Waals surface area contributed by atoms with E-state index in [1.54, 1.807) is 18.2 Å². The van der Waals surface area contributed by atoms with Crippen LogP contribution in [0.25, 0.3) is 0 Å². The monoisotopic (exact) mass is 567 g/mol. The second kappa shape index (κ2) is 10.8. The molecule has 1 aliphatic heterocycles. The summed E-state index contributed by atoms with van der Waals surface area (Å²) < 4.78 is 17.8. The minimum atomic E-state index is -1.05. The van der Waals surface area contributed by atoms with Crippen molar-refractivity contribution in [2.75, 3.05) is 27.2 Å². The topological polar surface area (TPSA) is 106 Å². The molecule has 3 saturated carbocycles. The molecule has 8 nitrogen and oxygen atoms in total. The molecule has 0 saturated heterocycles. The van der Waals surface area contributed by atoms with Gasteiger partial charge in [0.25, 0.3) is 0 Å². The van der Waals surface area contributed by atoms with Crippen LogP contribution >= 0.6 is 0 Å². The summed E-state index contributed by atoms with van der Waals surface area (Å²) in [4.78, 5) is 28.9.